The molecule has 0 aliphatic rings. The average molecular weight is 236 g/mol. The number of hydrogen-bond acceptors (Lipinski definition) is 3. The fourth-order valence-electron chi connectivity index (χ4n) is 1.49. The summed E-state index contributed by atoms with van der Waals surface area (Å²) in [6, 6.07) is 7.26. The lowest BCUT2D eigenvalue weighted by Crippen LogP contribution is -2.24. The van der Waals surface area contributed by atoms with E-state index in [4.69, 9.17) is 10.5 Å². The average Bonchev–Trinajstić information content (AvgIpc) is 2.28. The molecule has 0 fully saturated rings. The van der Waals surface area contributed by atoms with Crippen LogP contribution in [0.4, 0.5) is 0 Å². The van der Waals surface area contributed by atoms with Crippen LogP contribution in [0, 0.1) is 0 Å². The fourth-order valence-corrected chi connectivity index (χ4v) is 1.49. The molecule has 17 heavy (non-hydrogen) atoms. The van der Waals surface area contributed by atoms with Crippen LogP contribution in [-0.4, -0.2) is 19.1 Å². The molecule has 0 aromatic heterocycles. The van der Waals surface area contributed by atoms with E-state index >= 15 is 0 Å². The van der Waals surface area contributed by atoms with Gasteiger partial charge in [-0.05, 0) is 31.5 Å². The van der Waals surface area contributed by atoms with Crippen molar-refractivity contribution in [2.24, 2.45) is 5.73 Å². The molecule has 1 rings (SSSR count). The number of carbonyl (C=O) groups excluding carboxylic acids is 1. The summed E-state index contributed by atoms with van der Waals surface area (Å²) in [4.78, 5) is 11.2. The molecule has 0 bridgehead atoms. The Morgan fingerprint density at radius 1 is 1.35 bits per heavy atom. The first kappa shape index (κ1) is 13.5. The van der Waals surface area contributed by atoms with Crippen molar-refractivity contribution in [1.82, 2.24) is 5.32 Å². The standard InChI is InChI=1S/C13H20N2O2/c1-9(2)17-11-6-4-10(5-7-11)12(14)8-13(16)15-3/h4-7,9,12H,8,14H2,1-3H3,(H,15,16). The van der Waals surface area contributed by atoms with Crippen LogP contribution in [0.25, 0.3) is 0 Å². The van der Waals surface area contributed by atoms with Crippen LogP contribution in [0.15, 0.2) is 24.3 Å². The highest BCUT2D eigenvalue weighted by atomic mass is 16.5. The molecule has 4 heteroatoms. The number of benzene rings is 1. The third-order valence-corrected chi connectivity index (χ3v) is 2.36. The SMILES string of the molecule is CNC(=O)CC(N)c1ccc(OC(C)C)cc1. The number of ether oxygens (including phenoxy) is 1. The van der Waals surface area contributed by atoms with Gasteiger partial charge in [0.2, 0.25) is 5.91 Å². The summed E-state index contributed by atoms with van der Waals surface area (Å²) in [6.45, 7) is 3.95. The maximum absolute atomic E-state index is 11.2. The minimum absolute atomic E-state index is 0.0555. The zero-order valence-electron chi connectivity index (χ0n) is 10.6. The van der Waals surface area contributed by atoms with E-state index in [9.17, 15) is 4.79 Å². The maximum Gasteiger partial charge on any atom is 0.221 e. The lowest BCUT2D eigenvalue weighted by Gasteiger charge is -2.13. The van der Waals surface area contributed by atoms with Crippen LogP contribution < -0.4 is 15.8 Å². The molecular weight excluding hydrogens is 216 g/mol. The van der Waals surface area contributed by atoms with Crippen molar-refractivity contribution in [1.29, 1.82) is 0 Å². The van der Waals surface area contributed by atoms with Gasteiger partial charge in [0, 0.05) is 19.5 Å². The molecule has 1 unspecified atom stereocenters. The molecule has 94 valence electrons. The predicted octanol–water partition coefficient (Wildman–Crippen LogP) is 1.61. The Morgan fingerprint density at radius 2 is 1.94 bits per heavy atom. The van der Waals surface area contributed by atoms with Crippen molar-refractivity contribution in [3.63, 3.8) is 0 Å². The quantitative estimate of drug-likeness (QED) is 0.816. The summed E-state index contributed by atoms with van der Waals surface area (Å²) in [5, 5.41) is 2.56. The van der Waals surface area contributed by atoms with E-state index < -0.39 is 0 Å². The molecule has 0 aliphatic carbocycles. The van der Waals surface area contributed by atoms with Crippen LogP contribution in [0.1, 0.15) is 31.9 Å². The first-order valence-corrected chi connectivity index (χ1v) is 5.75. The van der Waals surface area contributed by atoms with Crippen molar-refractivity contribution in [2.75, 3.05) is 7.05 Å². The van der Waals surface area contributed by atoms with E-state index in [2.05, 4.69) is 5.32 Å². The van der Waals surface area contributed by atoms with Gasteiger partial charge in [0.1, 0.15) is 5.75 Å². The van der Waals surface area contributed by atoms with Crippen LogP contribution >= 0.6 is 0 Å². The molecule has 0 saturated carbocycles. The second-order valence-corrected chi connectivity index (χ2v) is 4.22. The summed E-state index contributed by atoms with van der Waals surface area (Å²) in [6.07, 6.45) is 0.446. The molecule has 0 aliphatic heterocycles. The van der Waals surface area contributed by atoms with Gasteiger partial charge < -0.3 is 15.8 Å². The smallest absolute Gasteiger partial charge is 0.221 e. The predicted molar refractivity (Wildman–Crippen MR) is 67.8 cm³/mol. The van der Waals surface area contributed by atoms with E-state index in [1.165, 1.54) is 0 Å². The van der Waals surface area contributed by atoms with Gasteiger partial charge in [-0.1, -0.05) is 12.1 Å². The molecule has 1 aromatic carbocycles. The summed E-state index contributed by atoms with van der Waals surface area (Å²) in [5.74, 6) is 0.760. The van der Waals surface area contributed by atoms with Gasteiger partial charge in [0.25, 0.3) is 0 Å². The molecule has 4 nitrogen and oxygen atoms in total. The Morgan fingerprint density at radius 3 is 2.41 bits per heavy atom. The van der Waals surface area contributed by atoms with Crippen molar-refractivity contribution < 1.29 is 9.53 Å². The molecular formula is C13H20N2O2. The van der Waals surface area contributed by atoms with Gasteiger partial charge in [0.15, 0.2) is 0 Å². The number of rotatable bonds is 5. The Bertz CT molecular complexity index is 360. The minimum atomic E-state index is -0.275. The summed E-state index contributed by atoms with van der Waals surface area (Å²) in [5.41, 5.74) is 6.86. The Hall–Kier alpha value is -1.55. The van der Waals surface area contributed by atoms with Crippen molar-refractivity contribution in [3.05, 3.63) is 29.8 Å². The fraction of sp³-hybridized carbons (Fsp3) is 0.462. The molecule has 3 N–H and O–H groups in total. The van der Waals surface area contributed by atoms with Gasteiger partial charge in [-0.2, -0.15) is 0 Å². The topological polar surface area (TPSA) is 64.4 Å². The zero-order chi connectivity index (χ0) is 12.8. The highest BCUT2D eigenvalue weighted by Gasteiger charge is 2.10. The maximum atomic E-state index is 11.2. The van der Waals surface area contributed by atoms with E-state index in [-0.39, 0.29) is 18.1 Å². The van der Waals surface area contributed by atoms with Crippen molar-refractivity contribution >= 4 is 5.91 Å². The third-order valence-electron chi connectivity index (χ3n) is 2.36. The highest BCUT2D eigenvalue weighted by Crippen LogP contribution is 2.19. The number of amides is 1. The van der Waals surface area contributed by atoms with Crippen LogP contribution in [-0.2, 0) is 4.79 Å². The monoisotopic (exact) mass is 236 g/mol. The minimum Gasteiger partial charge on any atom is -0.491 e. The van der Waals surface area contributed by atoms with E-state index in [1.807, 2.05) is 38.1 Å². The summed E-state index contributed by atoms with van der Waals surface area (Å²) < 4.78 is 5.53. The second kappa shape index (κ2) is 6.25. The second-order valence-electron chi connectivity index (χ2n) is 4.22. The molecule has 1 atom stereocenters. The molecule has 1 amide bonds. The Labute approximate surface area is 102 Å². The van der Waals surface area contributed by atoms with Crippen LogP contribution in [0.5, 0.6) is 5.75 Å². The molecule has 0 spiro atoms. The van der Waals surface area contributed by atoms with E-state index in [0.717, 1.165) is 11.3 Å². The number of hydrogen-bond donors (Lipinski definition) is 2. The first-order chi connectivity index (χ1) is 8.02. The van der Waals surface area contributed by atoms with Gasteiger partial charge in [-0.25, -0.2) is 0 Å². The van der Waals surface area contributed by atoms with Crippen molar-refractivity contribution in [3.8, 4) is 5.75 Å². The normalized spacial score (nSPS) is 12.3. The van der Waals surface area contributed by atoms with Gasteiger partial charge in [-0.3, -0.25) is 4.79 Å². The number of nitrogens with one attached hydrogen (secondary N) is 1. The van der Waals surface area contributed by atoms with Gasteiger partial charge >= 0.3 is 0 Å². The Balaban J connectivity index is 2.63. The molecule has 1 aromatic rings. The van der Waals surface area contributed by atoms with E-state index in [1.54, 1.807) is 7.05 Å². The number of carbonyl (C=O) groups is 1. The highest BCUT2D eigenvalue weighted by molar-refractivity contribution is 5.76. The van der Waals surface area contributed by atoms with Crippen LogP contribution in [0.2, 0.25) is 0 Å². The lowest BCUT2D eigenvalue weighted by atomic mass is 10.0. The third kappa shape index (κ3) is 4.44. The molecule has 0 saturated heterocycles. The van der Waals surface area contributed by atoms with E-state index in [0.29, 0.717) is 6.42 Å². The largest absolute Gasteiger partial charge is 0.491 e. The summed E-state index contributed by atoms with van der Waals surface area (Å²) >= 11 is 0. The molecule has 0 heterocycles. The summed E-state index contributed by atoms with van der Waals surface area (Å²) in [7, 11) is 1.61. The molecule has 0 radical (unpaired) electrons. The number of nitrogens with two attached hydrogens (primary N) is 1. The van der Waals surface area contributed by atoms with Crippen LogP contribution in [0.3, 0.4) is 0 Å². The Kier molecular flexibility index (Phi) is 4.97. The lowest BCUT2D eigenvalue weighted by molar-refractivity contribution is -0.120. The van der Waals surface area contributed by atoms with Crippen molar-refractivity contribution in [2.45, 2.75) is 32.4 Å². The zero-order valence-corrected chi connectivity index (χ0v) is 10.6. The first-order valence-electron chi connectivity index (χ1n) is 5.75. The van der Waals surface area contributed by atoms with Gasteiger partial charge in [0.05, 0.1) is 6.10 Å². The van der Waals surface area contributed by atoms with Gasteiger partial charge in [-0.15, -0.1) is 0 Å².